The van der Waals surface area contributed by atoms with Gasteiger partial charge in [0.2, 0.25) is 11.8 Å². The smallest absolute Gasteiger partial charge is 0.229 e. The number of hydrogen-bond donors (Lipinski definition) is 1. The summed E-state index contributed by atoms with van der Waals surface area (Å²) in [5.74, 6) is 0.576. The monoisotopic (exact) mass is 507 g/mol. The zero-order chi connectivity index (χ0) is 26.0. The molecule has 1 N–H and O–H groups in total. The molecule has 2 atom stereocenters. The molecule has 2 aromatic carbocycles. The van der Waals surface area contributed by atoms with Crippen LogP contribution in [-0.4, -0.2) is 67.5 Å². The summed E-state index contributed by atoms with van der Waals surface area (Å²) in [4.78, 5) is 31.6. The molecule has 3 aliphatic rings. The van der Waals surface area contributed by atoms with Crippen LogP contribution >= 0.6 is 0 Å². The second-order valence-electron chi connectivity index (χ2n) is 11.2. The Morgan fingerprint density at radius 3 is 2.57 bits per heavy atom. The van der Waals surface area contributed by atoms with Crippen molar-refractivity contribution in [1.82, 2.24) is 15.1 Å². The van der Waals surface area contributed by atoms with E-state index >= 15 is 0 Å². The Labute approximate surface area is 219 Å². The second-order valence-corrected chi connectivity index (χ2v) is 11.2. The van der Waals surface area contributed by atoms with Crippen molar-refractivity contribution in [1.29, 1.82) is 0 Å². The minimum Gasteiger partial charge on any atom is -0.496 e. The third-order valence-corrected chi connectivity index (χ3v) is 8.89. The van der Waals surface area contributed by atoms with E-state index in [0.29, 0.717) is 44.3 Å². The van der Waals surface area contributed by atoms with Gasteiger partial charge in [0.05, 0.1) is 18.1 Å². The highest BCUT2D eigenvalue weighted by atomic mass is 19.1. The Balaban J connectivity index is 1.51. The molecule has 5 rings (SSSR count). The number of piperidine rings is 1. The predicted molar refractivity (Wildman–Crippen MR) is 141 cm³/mol. The molecular weight excluding hydrogens is 469 g/mol. The van der Waals surface area contributed by atoms with E-state index in [4.69, 9.17) is 4.74 Å². The quantitative estimate of drug-likeness (QED) is 0.661. The number of methoxy groups -OCH3 is 1. The van der Waals surface area contributed by atoms with Crippen LogP contribution in [0.25, 0.3) is 0 Å². The lowest BCUT2D eigenvalue weighted by Crippen LogP contribution is -2.54. The van der Waals surface area contributed by atoms with E-state index in [9.17, 15) is 14.0 Å². The lowest BCUT2D eigenvalue weighted by Gasteiger charge is -2.42. The number of benzene rings is 2. The SMILES string of the molecule is COc1ccccc1[C@@H]1CN(C(=O)C2(Cc3ccccc3F)CCN(C)CC2)C[C@]12CCCCC(=O)N2. The Kier molecular flexibility index (Phi) is 7.26. The van der Waals surface area contributed by atoms with Gasteiger partial charge in [-0.15, -0.1) is 0 Å². The molecule has 0 radical (unpaired) electrons. The number of likely N-dealkylation sites (tertiary alicyclic amines) is 2. The van der Waals surface area contributed by atoms with Crippen LogP contribution in [0.1, 0.15) is 55.6 Å². The number of hydrogen-bond acceptors (Lipinski definition) is 4. The molecular formula is C30H38FN3O3. The van der Waals surface area contributed by atoms with Crippen LogP contribution in [0.15, 0.2) is 48.5 Å². The van der Waals surface area contributed by atoms with Gasteiger partial charge in [-0.1, -0.05) is 42.8 Å². The highest BCUT2D eigenvalue weighted by molar-refractivity contribution is 5.85. The Morgan fingerprint density at radius 1 is 1.08 bits per heavy atom. The highest BCUT2D eigenvalue weighted by Crippen LogP contribution is 2.46. The lowest BCUT2D eigenvalue weighted by atomic mass is 9.72. The van der Waals surface area contributed by atoms with Crippen LogP contribution < -0.4 is 10.1 Å². The van der Waals surface area contributed by atoms with Gasteiger partial charge in [0.25, 0.3) is 0 Å². The van der Waals surface area contributed by atoms with Gasteiger partial charge >= 0.3 is 0 Å². The van der Waals surface area contributed by atoms with Crippen molar-refractivity contribution in [2.24, 2.45) is 5.41 Å². The number of nitrogens with zero attached hydrogens (tertiary/aromatic N) is 2. The molecule has 0 unspecified atom stereocenters. The number of para-hydroxylation sites is 1. The van der Waals surface area contributed by atoms with Crippen LogP contribution in [0, 0.1) is 11.2 Å². The molecule has 3 saturated heterocycles. The number of carbonyl (C=O) groups is 2. The molecule has 6 nitrogen and oxygen atoms in total. The number of nitrogens with one attached hydrogen (secondary N) is 1. The minimum atomic E-state index is -0.666. The van der Waals surface area contributed by atoms with E-state index in [2.05, 4.69) is 23.3 Å². The average Bonchev–Trinajstić information content (AvgIpc) is 3.16. The molecule has 3 aliphatic heterocycles. The number of halogens is 1. The van der Waals surface area contributed by atoms with Gasteiger partial charge in [-0.05, 0) is 69.9 Å². The topological polar surface area (TPSA) is 61.9 Å². The zero-order valence-corrected chi connectivity index (χ0v) is 22.0. The number of amides is 2. The molecule has 0 aromatic heterocycles. The molecule has 1 spiro atoms. The summed E-state index contributed by atoms with van der Waals surface area (Å²) in [7, 11) is 3.73. The summed E-state index contributed by atoms with van der Waals surface area (Å²) >= 11 is 0. The molecule has 7 heteroatoms. The van der Waals surface area contributed by atoms with Gasteiger partial charge in [-0.25, -0.2) is 4.39 Å². The van der Waals surface area contributed by atoms with Crippen LogP contribution in [0.5, 0.6) is 5.75 Å². The first-order chi connectivity index (χ1) is 17.9. The van der Waals surface area contributed by atoms with Crippen molar-refractivity contribution in [2.45, 2.75) is 56.4 Å². The van der Waals surface area contributed by atoms with Gasteiger partial charge in [0, 0.05) is 31.0 Å². The van der Waals surface area contributed by atoms with E-state index in [1.807, 2.05) is 29.2 Å². The third kappa shape index (κ3) is 4.98. The summed E-state index contributed by atoms with van der Waals surface area (Å²) < 4.78 is 20.5. The molecule has 2 amide bonds. The first kappa shape index (κ1) is 25.7. The highest BCUT2D eigenvalue weighted by Gasteiger charge is 2.54. The van der Waals surface area contributed by atoms with Crippen LogP contribution in [-0.2, 0) is 16.0 Å². The molecule has 0 aliphatic carbocycles. The minimum absolute atomic E-state index is 0.0482. The van der Waals surface area contributed by atoms with E-state index < -0.39 is 11.0 Å². The fourth-order valence-corrected chi connectivity index (χ4v) is 6.78. The van der Waals surface area contributed by atoms with Crippen molar-refractivity contribution < 1.29 is 18.7 Å². The van der Waals surface area contributed by atoms with Gasteiger partial charge in [-0.3, -0.25) is 9.59 Å². The summed E-state index contributed by atoms with van der Waals surface area (Å²) in [6.07, 6.45) is 4.87. The van der Waals surface area contributed by atoms with E-state index in [0.717, 1.165) is 43.7 Å². The van der Waals surface area contributed by atoms with Crippen molar-refractivity contribution >= 4 is 11.8 Å². The van der Waals surface area contributed by atoms with Crippen molar-refractivity contribution in [3.63, 3.8) is 0 Å². The average molecular weight is 508 g/mol. The molecule has 0 bridgehead atoms. The summed E-state index contributed by atoms with van der Waals surface area (Å²) in [5, 5.41) is 3.36. The maximum absolute atomic E-state index is 14.8. The molecule has 0 saturated carbocycles. The van der Waals surface area contributed by atoms with E-state index in [-0.39, 0.29) is 23.5 Å². The van der Waals surface area contributed by atoms with Gasteiger partial charge in [0.1, 0.15) is 11.6 Å². The van der Waals surface area contributed by atoms with Crippen LogP contribution in [0.3, 0.4) is 0 Å². The molecule has 3 fully saturated rings. The van der Waals surface area contributed by atoms with Crippen LogP contribution in [0.4, 0.5) is 4.39 Å². The number of rotatable bonds is 5. The van der Waals surface area contributed by atoms with Gasteiger partial charge < -0.3 is 19.9 Å². The van der Waals surface area contributed by atoms with Crippen molar-refractivity contribution in [3.05, 3.63) is 65.5 Å². The van der Waals surface area contributed by atoms with E-state index in [1.54, 1.807) is 19.2 Å². The van der Waals surface area contributed by atoms with Gasteiger partial charge in [-0.2, -0.15) is 0 Å². The maximum Gasteiger partial charge on any atom is 0.229 e. The van der Waals surface area contributed by atoms with Crippen molar-refractivity contribution in [3.8, 4) is 5.75 Å². The number of ether oxygens (including phenoxy) is 1. The lowest BCUT2D eigenvalue weighted by molar-refractivity contribution is -0.144. The predicted octanol–water partition coefficient (Wildman–Crippen LogP) is 4.14. The first-order valence-electron chi connectivity index (χ1n) is 13.5. The Hall–Kier alpha value is -2.93. The molecule has 3 heterocycles. The second kappa shape index (κ2) is 10.4. The Bertz CT molecular complexity index is 1150. The maximum atomic E-state index is 14.8. The summed E-state index contributed by atoms with van der Waals surface area (Å²) in [6, 6.07) is 14.8. The summed E-state index contributed by atoms with van der Waals surface area (Å²) in [6.45, 7) is 2.57. The summed E-state index contributed by atoms with van der Waals surface area (Å²) in [5.41, 5.74) is 0.412. The molecule has 37 heavy (non-hydrogen) atoms. The standard InChI is InChI=1S/C30H38FN3O3/c1-33-17-15-29(16-18-33,19-22-9-3-5-11-25(22)31)28(36)34-20-24(23-10-4-6-12-26(23)37-2)30(21-34)14-8-7-13-27(35)32-30/h3-6,9-12,24H,7-8,13-21H2,1-2H3,(H,32,35)/t24-,30+/m0/s1. The normalized spacial score (nSPS) is 26.1. The fourth-order valence-electron chi connectivity index (χ4n) is 6.78. The largest absolute Gasteiger partial charge is 0.496 e. The van der Waals surface area contributed by atoms with Crippen molar-refractivity contribution in [2.75, 3.05) is 40.3 Å². The number of carbonyl (C=O) groups excluding carboxylic acids is 2. The van der Waals surface area contributed by atoms with E-state index in [1.165, 1.54) is 6.07 Å². The Morgan fingerprint density at radius 2 is 1.81 bits per heavy atom. The molecule has 2 aromatic rings. The third-order valence-electron chi connectivity index (χ3n) is 8.89. The molecule has 198 valence electrons. The van der Waals surface area contributed by atoms with Crippen LogP contribution in [0.2, 0.25) is 0 Å². The zero-order valence-electron chi connectivity index (χ0n) is 22.0. The van der Waals surface area contributed by atoms with Gasteiger partial charge in [0.15, 0.2) is 0 Å². The fraction of sp³-hybridized carbons (Fsp3) is 0.533. The first-order valence-corrected chi connectivity index (χ1v) is 13.5.